The molecule has 1 heterocycles. The molecule has 0 saturated carbocycles. The molecule has 2 aromatic rings. The van der Waals surface area contributed by atoms with E-state index in [0.717, 1.165) is 5.69 Å². The van der Waals surface area contributed by atoms with E-state index in [1.165, 1.54) is 6.07 Å². The van der Waals surface area contributed by atoms with Crippen molar-refractivity contribution in [3.63, 3.8) is 0 Å². The van der Waals surface area contributed by atoms with Gasteiger partial charge in [0, 0.05) is 37.0 Å². The van der Waals surface area contributed by atoms with Crippen LogP contribution in [0.4, 0.5) is 10.1 Å². The molecule has 0 aliphatic carbocycles. The number of nitrogens with zero attached hydrogens (tertiary/aromatic N) is 1. The lowest BCUT2D eigenvalue weighted by Crippen LogP contribution is -2.47. The van der Waals surface area contributed by atoms with Crippen molar-refractivity contribution in [2.45, 2.75) is 12.7 Å². The van der Waals surface area contributed by atoms with Gasteiger partial charge in [-0.1, -0.05) is 18.2 Å². The molecule has 1 unspecified atom stereocenters. The summed E-state index contributed by atoms with van der Waals surface area (Å²) in [6.07, 6.45) is -0.212. The Kier molecular flexibility index (Phi) is 6.20. The lowest BCUT2D eigenvalue weighted by Gasteiger charge is -2.33. The normalized spacial score (nSPS) is 17.2. The van der Waals surface area contributed by atoms with Gasteiger partial charge >= 0.3 is 0 Å². The minimum absolute atomic E-state index is 0.0185. The molecule has 1 fully saturated rings. The standard InChI is InChI=1S/C20H23FN2O3/c1-22-17-8-6-15(7-9-17)20(24)23-10-11-26-18(12-23)14-25-13-16-4-2-3-5-19(16)21/h2-9,18,22H,10-14H2,1H3. The van der Waals surface area contributed by atoms with E-state index in [0.29, 0.717) is 37.4 Å². The molecular weight excluding hydrogens is 335 g/mol. The van der Waals surface area contributed by atoms with Gasteiger partial charge in [-0.05, 0) is 30.3 Å². The predicted octanol–water partition coefficient (Wildman–Crippen LogP) is 2.93. The fourth-order valence-electron chi connectivity index (χ4n) is 2.88. The number of carbonyl (C=O) groups is 1. The number of morpholine rings is 1. The number of rotatable bonds is 6. The summed E-state index contributed by atoms with van der Waals surface area (Å²) in [5, 5.41) is 3.03. The van der Waals surface area contributed by atoms with Gasteiger partial charge in [0.15, 0.2) is 0 Å². The second-order valence-electron chi connectivity index (χ2n) is 6.18. The summed E-state index contributed by atoms with van der Waals surface area (Å²) in [5.74, 6) is -0.297. The molecule has 1 atom stereocenters. The molecule has 1 saturated heterocycles. The summed E-state index contributed by atoms with van der Waals surface area (Å²) < 4.78 is 24.9. The van der Waals surface area contributed by atoms with Gasteiger partial charge in [0.25, 0.3) is 5.91 Å². The Balaban J connectivity index is 1.51. The highest BCUT2D eigenvalue weighted by Crippen LogP contribution is 2.15. The van der Waals surface area contributed by atoms with Crippen LogP contribution in [-0.4, -0.2) is 50.3 Å². The molecule has 1 N–H and O–H groups in total. The molecule has 0 radical (unpaired) electrons. The van der Waals surface area contributed by atoms with Crippen LogP contribution in [0.5, 0.6) is 0 Å². The SMILES string of the molecule is CNc1ccc(C(=O)N2CCOC(COCc3ccccc3F)C2)cc1. The van der Waals surface area contributed by atoms with Crippen LogP contribution in [0, 0.1) is 5.82 Å². The van der Waals surface area contributed by atoms with Gasteiger partial charge in [0.1, 0.15) is 5.82 Å². The number of hydrogen-bond acceptors (Lipinski definition) is 4. The van der Waals surface area contributed by atoms with Crippen molar-refractivity contribution >= 4 is 11.6 Å². The van der Waals surface area contributed by atoms with Gasteiger partial charge in [-0.3, -0.25) is 4.79 Å². The fraction of sp³-hybridized carbons (Fsp3) is 0.350. The zero-order chi connectivity index (χ0) is 18.4. The first-order valence-corrected chi connectivity index (χ1v) is 8.67. The Morgan fingerprint density at radius 3 is 2.77 bits per heavy atom. The molecule has 1 aliphatic rings. The zero-order valence-corrected chi connectivity index (χ0v) is 14.8. The number of benzene rings is 2. The Labute approximate surface area is 152 Å². The van der Waals surface area contributed by atoms with E-state index in [2.05, 4.69) is 5.32 Å². The predicted molar refractivity (Wildman–Crippen MR) is 97.7 cm³/mol. The van der Waals surface area contributed by atoms with Gasteiger partial charge in [0.2, 0.25) is 0 Å². The first kappa shape index (κ1) is 18.4. The number of amides is 1. The minimum atomic E-state index is -0.279. The van der Waals surface area contributed by atoms with Crippen LogP contribution >= 0.6 is 0 Å². The molecule has 0 bridgehead atoms. The quantitative estimate of drug-likeness (QED) is 0.863. The number of halogens is 1. The van der Waals surface area contributed by atoms with E-state index in [1.807, 2.05) is 31.3 Å². The maximum atomic E-state index is 13.6. The van der Waals surface area contributed by atoms with Crippen LogP contribution in [0.3, 0.4) is 0 Å². The van der Waals surface area contributed by atoms with Crippen LogP contribution in [-0.2, 0) is 16.1 Å². The maximum Gasteiger partial charge on any atom is 0.254 e. The molecule has 0 spiro atoms. The summed E-state index contributed by atoms with van der Waals surface area (Å²) >= 11 is 0. The van der Waals surface area contributed by atoms with Crippen LogP contribution in [0.15, 0.2) is 48.5 Å². The topological polar surface area (TPSA) is 50.8 Å². The molecule has 1 aliphatic heterocycles. The fourth-order valence-corrected chi connectivity index (χ4v) is 2.88. The van der Waals surface area contributed by atoms with E-state index in [9.17, 15) is 9.18 Å². The lowest BCUT2D eigenvalue weighted by atomic mass is 10.1. The second kappa shape index (κ2) is 8.78. The highest BCUT2D eigenvalue weighted by Gasteiger charge is 2.25. The van der Waals surface area contributed by atoms with Crippen molar-refractivity contribution in [1.82, 2.24) is 4.90 Å². The summed E-state index contributed by atoms with van der Waals surface area (Å²) in [6.45, 7) is 1.98. The Morgan fingerprint density at radius 1 is 1.27 bits per heavy atom. The number of anilines is 1. The van der Waals surface area contributed by atoms with Crippen LogP contribution in [0.2, 0.25) is 0 Å². The van der Waals surface area contributed by atoms with Crippen LogP contribution in [0.25, 0.3) is 0 Å². The van der Waals surface area contributed by atoms with E-state index in [4.69, 9.17) is 9.47 Å². The number of ether oxygens (including phenoxy) is 2. The first-order chi connectivity index (χ1) is 12.7. The van der Waals surface area contributed by atoms with E-state index in [1.54, 1.807) is 23.1 Å². The van der Waals surface area contributed by atoms with Crippen molar-refractivity contribution in [3.05, 3.63) is 65.5 Å². The molecule has 3 rings (SSSR count). The molecule has 6 heteroatoms. The Bertz CT molecular complexity index is 736. The van der Waals surface area contributed by atoms with Crippen molar-refractivity contribution in [1.29, 1.82) is 0 Å². The average molecular weight is 358 g/mol. The number of nitrogens with one attached hydrogen (secondary N) is 1. The molecule has 2 aromatic carbocycles. The highest BCUT2D eigenvalue weighted by atomic mass is 19.1. The van der Waals surface area contributed by atoms with Gasteiger partial charge in [-0.2, -0.15) is 0 Å². The molecule has 0 aromatic heterocycles. The Morgan fingerprint density at radius 2 is 2.04 bits per heavy atom. The van der Waals surface area contributed by atoms with E-state index < -0.39 is 0 Å². The Hall–Kier alpha value is -2.44. The minimum Gasteiger partial charge on any atom is -0.388 e. The smallest absolute Gasteiger partial charge is 0.254 e. The van der Waals surface area contributed by atoms with Gasteiger partial charge < -0.3 is 19.7 Å². The monoisotopic (exact) mass is 358 g/mol. The maximum absolute atomic E-state index is 13.6. The molecule has 26 heavy (non-hydrogen) atoms. The molecule has 5 nitrogen and oxygen atoms in total. The van der Waals surface area contributed by atoms with Crippen LogP contribution in [0.1, 0.15) is 15.9 Å². The summed E-state index contributed by atoms with van der Waals surface area (Å²) in [4.78, 5) is 14.4. The third-order valence-electron chi connectivity index (χ3n) is 4.37. The van der Waals surface area contributed by atoms with Crippen molar-refractivity contribution in [3.8, 4) is 0 Å². The summed E-state index contributed by atoms with van der Waals surface area (Å²) in [6, 6.07) is 13.9. The van der Waals surface area contributed by atoms with Gasteiger partial charge in [0.05, 0.1) is 25.9 Å². The summed E-state index contributed by atoms with van der Waals surface area (Å²) in [7, 11) is 1.84. The van der Waals surface area contributed by atoms with Gasteiger partial charge in [-0.15, -0.1) is 0 Å². The first-order valence-electron chi connectivity index (χ1n) is 8.67. The lowest BCUT2D eigenvalue weighted by molar-refractivity contribution is -0.0649. The van der Waals surface area contributed by atoms with E-state index >= 15 is 0 Å². The number of carbonyl (C=O) groups excluding carboxylic acids is 1. The molecule has 138 valence electrons. The second-order valence-corrected chi connectivity index (χ2v) is 6.18. The third kappa shape index (κ3) is 4.59. The van der Waals surface area contributed by atoms with Crippen LogP contribution < -0.4 is 5.32 Å². The molecular formula is C20H23FN2O3. The van der Waals surface area contributed by atoms with Crippen molar-refractivity contribution in [2.24, 2.45) is 0 Å². The largest absolute Gasteiger partial charge is 0.388 e. The zero-order valence-electron chi connectivity index (χ0n) is 14.8. The van der Waals surface area contributed by atoms with Gasteiger partial charge in [-0.25, -0.2) is 4.39 Å². The van der Waals surface area contributed by atoms with Crippen molar-refractivity contribution < 1.29 is 18.7 Å². The average Bonchev–Trinajstić information content (AvgIpc) is 2.69. The van der Waals surface area contributed by atoms with Crippen molar-refractivity contribution in [2.75, 3.05) is 38.7 Å². The van der Waals surface area contributed by atoms with E-state index in [-0.39, 0.29) is 24.4 Å². The summed E-state index contributed by atoms with van der Waals surface area (Å²) in [5.41, 5.74) is 2.13. The third-order valence-corrected chi connectivity index (χ3v) is 4.37. The highest BCUT2D eigenvalue weighted by molar-refractivity contribution is 5.94. The number of hydrogen-bond donors (Lipinski definition) is 1. The molecule has 1 amide bonds.